The van der Waals surface area contributed by atoms with Crippen LogP contribution in [0.1, 0.15) is 47.5 Å². The van der Waals surface area contributed by atoms with Crippen LogP contribution in [-0.2, 0) is 0 Å². The molecule has 0 fully saturated rings. The van der Waals surface area contributed by atoms with Gasteiger partial charge in [-0.15, -0.1) is 0 Å². The fourth-order valence-corrected chi connectivity index (χ4v) is 3.37. The number of H-pyrrole nitrogens is 1. The summed E-state index contributed by atoms with van der Waals surface area (Å²) in [6.07, 6.45) is 3.13. The van der Waals surface area contributed by atoms with Crippen LogP contribution in [0, 0.1) is 0 Å². The molecule has 0 bridgehead atoms. The molecule has 2 heterocycles. The summed E-state index contributed by atoms with van der Waals surface area (Å²) in [7, 11) is 0. The summed E-state index contributed by atoms with van der Waals surface area (Å²) in [6, 6.07) is 9.49. The summed E-state index contributed by atoms with van der Waals surface area (Å²) in [5, 5.41) is 13.8. The Morgan fingerprint density at radius 3 is 2.43 bits per heavy atom. The summed E-state index contributed by atoms with van der Waals surface area (Å²) in [4.78, 5) is 26.7. The van der Waals surface area contributed by atoms with Crippen LogP contribution in [0.15, 0.2) is 53.6 Å². The third-order valence-corrected chi connectivity index (χ3v) is 4.86. The van der Waals surface area contributed by atoms with Gasteiger partial charge in [-0.3, -0.25) is 4.79 Å². The summed E-state index contributed by atoms with van der Waals surface area (Å²) < 4.78 is 1.87. The van der Waals surface area contributed by atoms with Crippen LogP contribution >= 0.6 is 23.2 Å². The summed E-state index contributed by atoms with van der Waals surface area (Å²) >= 11 is 12.0. The van der Waals surface area contributed by atoms with Crippen molar-refractivity contribution in [2.45, 2.75) is 25.9 Å². The zero-order valence-electron chi connectivity index (χ0n) is 15.2. The minimum Gasteiger partial charge on any atom is -0.478 e. The number of rotatable bonds is 6. The zero-order valence-corrected chi connectivity index (χ0v) is 16.8. The first-order valence-electron chi connectivity index (χ1n) is 8.62. The molecule has 0 spiro atoms. The number of carboxylic acid groups (broad SMARTS) is 1. The van der Waals surface area contributed by atoms with Gasteiger partial charge in [0, 0.05) is 23.5 Å². The number of nitrogens with one attached hydrogen (secondary N) is 2. The smallest absolute Gasteiger partial charge is 0.337 e. The Labute approximate surface area is 171 Å². The van der Waals surface area contributed by atoms with E-state index in [1.54, 1.807) is 36.5 Å². The molecule has 0 aliphatic heterocycles. The van der Waals surface area contributed by atoms with Gasteiger partial charge in [0.2, 0.25) is 0 Å². The van der Waals surface area contributed by atoms with Gasteiger partial charge in [0.25, 0.3) is 5.56 Å². The number of hydrogen-bond donors (Lipinski definition) is 3. The molecule has 3 N–H and O–H groups in total. The van der Waals surface area contributed by atoms with Crippen molar-refractivity contribution >= 4 is 34.9 Å². The lowest BCUT2D eigenvalue weighted by molar-refractivity contribution is 0.0695. The van der Waals surface area contributed by atoms with Crippen LogP contribution in [0.3, 0.4) is 0 Å². The molecule has 28 heavy (non-hydrogen) atoms. The van der Waals surface area contributed by atoms with E-state index in [9.17, 15) is 14.7 Å². The molecule has 3 aromatic rings. The molecule has 0 radical (unpaired) electrons. The minimum absolute atomic E-state index is 0.0114. The van der Waals surface area contributed by atoms with E-state index in [0.717, 1.165) is 5.56 Å². The first-order chi connectivity index (χ1) is 13.3. The van der Waals surface area contributed by atoms with Crippen LogP contribution < -0.4 is 10.9 Å². The lowest BCUT2D eigenvalue weighted by Gasteiger charge is -2.25. The lowest BCUT2D eigenvalue weighted by atomic mass is 9.99. The van der Waals surface area contributed by atoms with Gasteiger partial charge in [-0.25, -0.2) is 4.79 Å². The Kier molecular flexibility index (Phi) is 5.82. The first kappa shape index (κ1) is 20.0. The van der Waals surface area contributed by atoms with Gasteiger partial charge in [-0.05, 0) is 43.7 Å². The number of benzene rings is 1. The van der Waals surface area contributed by atoms with Crippen LogP contribution in [0.4, 0.5) is 5.69 Å². The van der Waals surface area contributed by atoms with Crippen LogP contribution in [0.2, 0.25) is 10.0 Å². The average Bonchev–Trinajstić information content (AvgIpc) is 3.08. The van der Waals surface area contributed by atoms with Crippen molar-refractivity contribution < 1.29 is 9.90 Å². The Hall–Kier alpha value is -2.70. The molecule has 0 aliphatic carbocycles. The maximum atomic E-state index is 12.3. The quantitative estimate of drug-likeness (QED) is 0.526. The van der Waals surface area contributed by atoms with Crippen LogP contribution in [0.5, 0.6) is 0 Å². The third-order valence-electron chi connectivity index (χ3n) is 4.39. The lowest BCUT2D eigenvalue weighted by Crippen LogP contribution is -2.23. The normalized spacial score (nSPS) is 12.2. The van der Waals surface area contributed by atoms with Gasteiger partial charge >= 0.3 is 5.97 Å². The van der Waals surface area contributed by atoms with Gasteiger partial charge in [0.15, 0.2) is 0 Å². The number of carbonyl (C=O) groups is 1. The molecular formula is C20H19Cl2N3O3. The topological polar surface area (TPSA) is 87.1 Å². The molecular weight excluding hydrogens is 401 g/mol. The van der Waals surface area contributed by atoms with Crippen molar-refractivity contribution in [1.29, 1.82) is 0 Å². The van der Waals surface area contributed by atoms with Crippen LogP contribution in [-0.4, -0.2) is 20.6 Å². The molecule has 0 saturated carbocycles. The van der Waals surface area contributed by atoms with Crippen LogP contribution in [0.25, 0.3) is 0 Å². The summed E-state index contributed by atoms with van der Waals surface area (Å²) in [5.41, 5.74) is 1.32. The number of aromatic carboxylic acids is 1. The molecule has 1 unspecified atom stereocenters. The number of nitrogens with zero attached hydrogens (tertiary/aromatic N) is 1. The van der Waals surface area contributed by atoms with Crippen molar-refractivity contribution in [3.8, 4) is 0 Å². The van der Waals surface area contributed by atoms with Crippen molar-refractivity contribution in [2.75, 3.05) is 5.32 Å². The molecule has 1 aromatic carbocycles. The first-order valence-corrected chi connectivity index (χ1v) is 9.37. The van der Waals surface area contributed by atoms with E-state index in [4.69, 9.17) is 23.2 Å². The standard InChI is InChI=1S/C20H19Cl2N3O3/c1-11(2)25-8-7-15(20(27)28)18(25)17(12-3-5-13(21)6-4-12)24-16-9-14(22)10-23-19(16)26/h3-11,17,24H,1-2H3,(H,23,26)(H,27,28). The second-order valence-corrected chi connectivity index (χ2v) is 7.48. The van der Waals surface area contributed by atoms with E-state index in [-0.39, 0.29) is 22.9 Å². The molecule has 146 valence electrons. The summed E-state index contributed by atoms with van der Waals surface area (Å²) in [5.74, 6) is -1.05. The second kappa shape index (κ2) is 8.12. The largest absolute Gasteiger partial charge is 0.478 e. The molecule has 0 aliphatic rings. The molecule has 1 atom stereocenters. The van der Waals surface area contributed by atoms with Gasteiger partial charge in [0.1, 0.15) is 5.69 Å². The average molecular weight is 420 g/mol. The molecule has 8 heteroatoms. The van der Waals surface area contributed by atoms with E-state index >= 15 is 0 Å². The number of halogens is 2. The highest BCUT2D eigenvalue weighted by molar-refractivity contribution is 6.30. The Morgan fingerprint density at radius 2 is 1.82 bits per heavy atom. The highest BCUT2D eigenvalue weighted by Crippen LogP contribution is 2.32. The van der Waals surface area contributed by atoms with Crippen molar-refractivity contribution in [2.24, 2.45) is 0 Å². The molecule has 2 aromatic heterocycles. The van der Waals surface area contributed by atoms with Crippen molar-refractivity contribution in [1.82, 2.24) is 9.55 Å². The van der Waals surface area contributed by atoms with E-state index in [1.165, 1.54) is 12.3 Å². The maximum absolute atomic E-state index is 12.3. The highest BCUT2D eigenvalue weighted by atomic mass is 35.5. The van der Waals surface area contributed by atoms with E-state index in [0.29, 0.717) is 15.7 Å². The number of hydrogen-bond acceptors (Lipinski definition) is 3. The maximum Gasteiger partial charge on any atom is 0.337 e. The van der Waals surface area contributed by atoms with E-state index in [1.807, 2.05) is 18.4 Å². The number of aromatic nitrogens is 2. The van der Waals surface area contributed by atoms with Crippen molar-refractivity contribution in [3.63, 3.8) is 0 Å². The van der Waals surface area contributed by atoms with Gasteiger partial charge in [-0.2, -0.15) is 0 Å². The van der Waals surface area contributed by atoms with Gasteiger partial charge < -0.3 is 20.0 Å². The second-order valence-electron chi connectivity index (χ2n) is 6.61. The predicted molar refractivity (Wildman–Crippen MR) is 111 cm³/mol. The van der Waals surface area contributed by atoms with E-state index in [2.05, 4.69) is 10.3 Å². The van der Waals surface area contributed by atoms with Gasteiger partial charge in [-0.1, -0.05) is 35.3 Å². The number of aromatic amines is 1. The summed E-state index contributed by atoms with van der Waals surface area (Å²) in [6.45, 7) is 3.92. The molecule has 0 saturated heterocycles. The highest BCUT2D eigenvalue weighted by Gasteiger charge is 2.26. The van der Waals surface area contributed by atoms with Gasteiger partial charge in [0.05, 0.1) is 22.3 Å². The number of anilines is 1. The third kappa shape index (κ3) is 4.08. The predicted octanol–water partition coefficient (Wildman–Crippen LogP) is 4.96. The fourth-order valence-electron chi connectivity index (χ4n) is 3.08. The zero-order chi connectivity index (χ0) is 20.4. The Balaban J connectivity index is 2.21. The van der Waals surface area contributed by atoms with E-state index < -0.39 is 12.0 Å². The fraction of sp³-hybridized carbons (Fsp3) is 0.200. The molecule has 6 nitrogen and oxygen atoms in total. The van der Waals surface area contributed by atoms with Crippen molar-refractivity contribution in [3.05, 3.63) is 86.0 Å². The minimum atomic E-state index is -1.05. The number of pyridine rings is 1. The SMILES string of the molecule is CC(C)n1ccc(C(=O)O)c1C(Nc1cc(Cl)c[nH]c1=O)c1ccc(Cl)cc1. The number of carboxylic acids is 1. The monoisotopic (exact) mass is 419 g/mol. The molecule has 3 rings (SSSR count). The Morgan fingerprint density at radius 1 is 1.14 bits per heavy atom. The molecule has 0 amide bonds. The Bertz CT molecular complexity index is 1060.